The van der Waals surface area contributed by atoms with E-state index >= 15 is 0 Å². The van der Waals surface area contributed by atoms with Gasteiger partial charge in [0.1, 0.15) is 18.2 Å². The maximum Gasteiger partial charge on any atom is 0.410 e. The third-order valence-corrected chi connectivity index (χ3v) is 10.1. The van der Waals surface area contributed by atoms with Gasteiger partial charge in [-0.3, -0.25) is 4.79 Å². The number of benzene rings is 2. The summed E-state index contributed by atoms with van der Waals surface area (Å²) in [5, 5.41) is -0.567. The molecule has 1 N–H and O–H groups in total. The van der Waals surface area contributed by atoms with E-state index in [0.29, 0.717) is 25.2 Å². The van der Waals surface area contributed by atoms with Crippen LogP contribution < -0.4 is 9.46 Å². The molecular formula is C29H33FN2O6S. The molecule has 2 aromatic rings. The van der Waals surface area contributed by atoms with Gasteiger partial charge in [-0.1, -0.05) is 30.3 Å². The van der Waals surface area contributed by atoms with E-state index in [2.05, 4.69) is 0 Å². The first-order valence-corrected chi connectivity index (χ1v) is 15.3. The van der Waals surface area contributed by atoms with Gasteiger partial charge >= 0.3 is 6.09 Å². The molecule has 4 aliphatic rings. The molecule has 2 aliphatic carbocycles. The van der Waals surface area contributed by atoms with Gasteiger partial charge in [0.25, 0.3) is 5.91 Å². The van der Waals surface area contributed by atoms with E-state index in [4.69, 9.17) is 9.47 Å². The van der Waals surface area contributed by atoms with Crippen LogP contribution in [-0.2, 0) is 21.4 Å². The van der Waals surface area contributed by atoms with Crippen LogP contribution in [0.4, 0.5) is 9.18 Å². The standard InChI is InChI=1S/C29H33FN2O6S/c30-26-15-27(24(20-6-7-20)14-25(26)28(33)31-39(35,36)23-10-11-23)37-17-19-12-21-8-9-22(13-19)32(21)29(34)38-16-18-4-2-1-3-5-18/h1-5,14-15,19-23H,6-13,16-17H2,(H,31,33). The lowest BCUT2D eigenvalue weighted by Crippen LogP contribution is -2.47. The van der Waals surface area contributed by atoms with Crippen molar-refractivity contribution >= 4 is 22.0 Å². The zero-order valence-corrected chi connectivity index (χ0v) is 22.5. The lowest BCUT2D eigenvalue weighted by atomic mass is 9.91. The molecule has 8 nitrogen and oxygen atoms in total. The zero-order valence-electron chi connectivity index (χ0n) is 21.7. The fraction of sp³-hybridized carbons (Fsp3) is 0.517. The van der Waals surface area contributed by atoms with Crippen molar-refractivity contribution in [2.75, 3.05) is 6.61 Å². The topological polar surface area (TPSA) is 102 Å². The van der Waals surface area contributed by atoms with Gasteiger partial charge in [0.15, 0.2) is 0 Å². The van der Waals surface area contributed by atoms with Crippen molar-refractivity contribution in [2.45, 2.75) is 81.2 Å². The average molecular weight is 557 g/mol. The Morgan fingerprint density at radius 2 is 1.67 bits per heavy atom. The number of halogens is 1. The quantitative estimate of drug-likeness (QED) is 0.472. The van der Waals surface area contributed by atoms with Gasteiger partial charge in [-0.15, -0.1) is 0 Å². The Kier molecular flexibility index (Phi) is 6.99. The molecule has 39 heavy (non-hydrogen) atoms. The molecule has 208 valence electrons. The minimum absolute atomic E-state index is 0.0970. The van der Waals surface area contributed by atoms with Crippen LogP contribution in [0.1, 0.15) is 78.8 Å². The number of amides is 2. The molecule has 2 amide bonds. The Morgan fingerprint density at radius 1 is 0.974 bits per heavy atom. The Morgan fingerprint density at radius 3 is 2.31 bits per heavy atom. The van der Waals surface area contributed by atoms with Crippen LogP contribution in [0.5, 0.6) is 5.75 Å². The van der Waals surface area contributed by atoms with E-state index in [-0.39, 0.29) is 42.2 Å². The second-order valence-electron chi connectivity index (χ2n) is 11.3. The highest BCUT2D eigenvalue weighted by Crippen LogP contribution is 2.46. The molecule has 2 atom stereocenters. The van der Waals surface area contributed by atoms with E-state index in [0.717, 1.165) is 49.7 Å². The molecular weight excluding hydrogens is 523 g/mol. The number of fused-ring (bicyclic) bond motifs is 2. The van der Waals surface area contributed by atoms with Gasteiger partial charge in [-0.05, 0) is 80.4 Å². The Labute approximate surface area is 227 Å². The van der Waals surface area contributed by atoms with E-state index in [9.17, 15) is 22.4 Å². The summed E-state index contributed by atoms with van der Waals surface area (Å²) in [6.07, 6.45) is 6.01. The minimum Gasteiger partial charge on any atom is -0.493 e. The van der Waals surface area contributed by atoms with Crippen LogP contribution >= 0.6 is 0 Å². The summed E-state index contributed by atoms with van der Waals surface area (Å²) in [5.41, 5.74) is 1.43. The summed E-state index contributed by atoms with van der Waals surface area (Å²) in [5.74, 6) is -0.939. The Bertz CT molecular complexity index is 1350. The van der Waals surface area contributed by atoms with E-state index < -0.39 is 27.0 Å². The highest BCUT2D eigenvalue weighted by atomic mass is 32.2. The van der Waals surface area contributed by atoms with Crippen LogP contribution in [0.2, 0.25) is 0 Å². The molecule has 2 unspecified atom stereocenters. The van der Waals surface area contributed by atoms with Crippen LogP contribution in [-0.4, -0.2) is 49.3 Å². The largest absolute Gasteiger partial charge is 0.493 e. The highest BCUT2D eigenvalue weighted by molar-refractivity contribution is 7.91. The molecule has 4 fully saturated rings. The SMILES string of the molecule is O=C(NS(=O)(=O)C1CC1)c1cc(C2CC2)c(OCC2CC3CCC(C2)N3C(=O)OCc2ccccc2)cc1F. The maximum atomic E-state index is 15.0. The third kappa shape index (κ3) is 5.76. The fourth-order valence-electron chi connectivity index (χ4n) is 5.96. The number of carbonyl (C=O) groups excluding carboxylic acids is 2. The second kappa shape index (κ2) is 10.4. The molecule has 0 spiro atoms. The monoisotopic (exact) mass is 556 g/mol. The molecule has 6 rings (SSSR count). The summed E-state index contributed by atoms with van der Waals surface area (Å²) >= 11 is 0. The number of nitrogens with zero attached hydrogens (tertiary/aromatic N) is 1. The van der Waals surface area contributed by atoms with Gasteiger partial charge in [0, 0.05) is 18.2 Å². The van der Waals surface area contributed by atoms with Crippen molar-refractivity contribution in [1.82, 2.24) is 9.62 Å². The van der Waals surface area contributed by atoms with Crippen LogP contribution in [0.15, 0.2) is 42.5 Å². The second-order valence-corrected chi connectivity index (χ2v) is 13.3. The molecule has 2 saturated carbocycles. The van der Waals surface area contributed by atoms with Crippen molar-refractivity contribution in [1.29, 1.82) is 0 Å². The van der Waals surface area contributed by atoms with Crippen LogP contribution in [0.25, 0.3) is 0 Å². The molecule has 0 radical (unpaired) electrons. The number of carbonyl (C=O) groups is 2. The number of hydrogen-bond acceptors (Lipinski definition) is 6. The van der Waals surface area contributed by atoms with Crippen molar-refractivity contribution in [3.63, 3.8) is 0 Å². The first-order valence-electron chi connectivity index (χ1n) is 13.8. The lowest BCUT2D eigenvalue weighted by Gasteiger charge is -2.38. The van der Waals surface area contributed by atoms with Crippen LogP contribution in [0.3, 0.4) is 0 Å². The number of sulfonamides is 1. The Hall–Kier alpha value is -3.14. The summed E-state index contributed by atoms with van der Waals surface area (Å²) in [4.78, 5) is 27.3. The number of piperidine rings is 1. The van der Waals surface area contributed by atoms with Crippen LogP contribution in [0, 0.1) is 11.7 Å². The van der Waals surface area contributed by atoms with E-state index in [1.54, 1.807) is 0 Å². The lowest BCUT2D eigenvalue weighted by molar-refractivity contribution is 0.0449. The van der Waals surface area contributed by atoms with Gasteiger partial charge in [-0.2, -0.15) is 0 Å². The van der Waals surface area contributed by atoms with Crippen molar-refractivity contribution in [3.05, 3.63) is 65.0 Å². The average Bonchev–Trinajstić information content (AvgIpc) is 3.82. The summed E-state index contributed by atoms with van der Waals surface area (Å²) < 4.78 is 53.1. The van der Waals surface area contributed by atoms with Crippen molar-refractivity contribution in [3.8, 4) is 5.75 Å². The first-order chi connectivity index (χ1) is 18.8. The van der Waals surface area contributed by atoms with E-state index in [1.807, 2.05) is 40.0 Å². The van der Waals surface area contributed by atoms with Gasteiger partial charge in [0.05, 0.1) is 17.4 Å². The maximum absolute atomic E-state index is 15.0. The number of nitrogens with one attached hydrogen (secondary N) is 1. The Balaban J connectivity index is 1.08. The summed E-state index contributed by atoms with van der Waals surface area (Å²) in [6.45, 7) is 0.638. The zero-order chi connectivity index (χ0) is 27.1. The fourth-order valence-corrected chi connectivity index (χ4v) is 7.25. The number of ether oxygens (including phenoxy) is 2. The highest BCUT2D eigenvalue weighted by Gasteiger charge is 2.44. The van der Waals surface area contributed by atoms with Gasteiger partial charge in [-0.25, -0.2) is 22.3 Å². The molecule has 2 bridgehead atoms. The molecule has 2 aromatic carbocycles. The smallest absolute Gasteiger partial charge is 0.410 e. The number of hydrogen-bond donors (Lipinski definition) is 1. The predicted molar refractivity (Wildman–Crippen MR) is 141 cm³/mol. The molecule has 2 aliphatic heterocycles. The molecule has 2 heterocycles. The molecule has 10 heteroatoms. The molecule has 2 saturated heterocycles. The van der Waals surface area contributed by atoms with E-state index in [1.165, 1.54) is 12.1 Å². The van der Waals surface area contributed by atoms with Gasteiger partial charge in [0.2, 0.25) is 10.0 Å². The minimum atomic E-state index is -3.77. The normalized spacial score (nSPS) is 24.3. The van der Waals surface area contributed by atoms with Gasteiger partial charge < -0.3 is 14.4 Å². The third-order valence-electron chi connectivity index (χ3n) is 8.28. The molecule has 0 aromatic heterocycles. The van der Waals surface area contributed by atoms with Crippen molar-refractivity contribution in [2.24, 2.45) is 5.92 Å². The summed E-state index contributed by atoms with van der Waals surface area (Å²) in [6, 6.07) is 12.5. The van der Waals surface area contributed by atoms with Crippen molar-refractivity contribution < 1.29 is 31.9 Å². The number of rotatable bonds is 9. The first kappa shape index (κ1) is 26.1. The summed E-state index contributed by atoms with van der Waals surface area (Å²) in [7, 11) is -3.77. The predicted octanol–water partition coefficient (Wildman–Crippen LogP) is 4.88.